The van der Waals surface area contributed by atoms with Gasteiger partial charge in [-0.3, -0.25) is 0 Å². The van der Waals surface area contributed by atoms with Gasteiger partial charge in [0.15, 0.2) is 0 Å². The second-order valence-corrected chi connectivity index (χ2v) is 10.6. The summed E-state index contributed by atoms with van der Waals surface area (Å²) in [6.45, 7) is 0.803. The number of aromatic nitrogens is 3. The van der Waals surface area contributed by atoms with E-state index in [0.717, 1.165) is 60.1 Å². The van der Waals surface area contributed by atoms with E-state index >= 15 is 0 Å². The summed E-state index contributed by atoms with van der Waals surface area (Å²) in [4.78, 5) is 8.15. The smallest absolute Gasteiger partial charge is 0.256 e. The van der Waals surface area contributed by atoms with Gasteiger partial charge < -0.3 is 14.0 Å². The van der Waals surface area contributed by atoms with Gasteiger partial charge in [-0.25, -0.2) is 14.2 Å². The maximum absolute atomic E-state index is 12.2. The van der Waals surface area contributed by atoms with Crippen molar-refractivity contribution in [2.75, 3.05) is 4.72 Å². The van der Waals surface area contributed by atoms with Crippen LogP contribution in [0, 0.1) is 28.6 Å². The highest BCUT2D eigenvalue weighted by atomic mass is 32.2. The van der Waals surface area contributed by atoms with E-state index in [4.69, 9.17) is 4.74 Å². The lowest BCUT2D eigenvalue weighted by molar-refractivity contribution is 0.458. The van der Waals surface area contributed by atoms with E-state index in [1.54, 1.807) is 6.07 Å². The average molecular weight is 495 g/mol. The number of fused-ring (bicyclic) bond motifs is 1. The standard InChI is InChI=1S/C27H22N6O2S/c28-14-23-22-10-7-20(35-27-24(15-29)30-11-12-31-27)13-25(22)33(16-17-1-2-17)26(23)18-3-5-19(6-4-18)32-36(34)21-8-9-21/h3-7,10-13,17,21,32H,1-2,8-9,16H2. The van der Waals surface area contributed by atoms with Crippen LogP contribution in [0.15, 0.2) is 54.9 Å². The highest BCUT2D eigenvalue weighted by Gasteiger charge is 2.29. The summed E-state index contributed by atoms with van der Waals surface area (Å²) in [6, 6.07) is 17.8. The van der Waals surface area contributed by atoms with E-state index in [0.29, 0.717) is 17.2 Å². The highest BCUT2D eigenvalue weighted by molar-refractivity contribution is 7.87. The third-order valence-electron chi connectivity index (χ3n) is 6.47. The molecule has 9 heteroatoms. The molecule has 8 nitrogen and oxygen atoms in total. The van der Waals surface area contributed by atoms with Crippen LogP contribution in [0.1, 0.15) is 36.9 Å². The van der Waals surface area contributed by atoms with Crippen molar-refractivity contribution in [1.29, 1.82) is 10.5 Å². The number of hydrogen-bond donors (Lipinski definition) is 1. The number of hydrogen-bond acceptors (Lipinski definition) is 6. The third-order valence-corrected chi connectivity index (χ3v) is 7.99. The molecule has 2 aliphatic carbocycles. The maximum Gasteiger partial charge on any atom is 0.256 e. The van der Waals surface area contributed by atoms with Gasteiger partial charge in [0.2, 0.25) is 5.69 Å². The Labute approximate surface area is 210 Å². The van der Waals surface area contributed by atoms with E-state index in [1.807, 2.05) is 42.5 Å². The molecule has 1 unspecified atom stereocenters. The fourth-order valence-corrected chi connectivity index (χ4v) is 5.42. The first-order valence-electron chi connectivity index (χ1n) is 11.9. The minimum atomic E-state index is -1.06. The summed E-state index contributed by atoms with van der Waals surface area (Å²) in [5.41, 5.74) is 4.21. The number of nitrogens with zero attached hydrogens (tertiary/aromatic N) is 5. The van der Waals surface area contributed by atoms with Crippen molar-refractivity contribution in [2.45, 2.75) is 37.5 Å². The molecule has 1 N–H and O–H groups in total. The van der Waals surface area contributed by atoms with Crippen LogP contribution in [0.25, 0.3) is 22.2 Å². The Hall–Kier alpha value is -4.21. The van der Waals surface area contributed by atoms with Gasteiger partial charge in [0, 0.05) is 36.1 Å². The van der Waals surface area contributed by atoms with Crippen molar-refractivity contribution >= 4 is 27.6 Å². The van der Waals surface area contributed by atoms with E-state index in [9.17, 15) is 14.7 Å². The van der Waals surface area contributed by atoms with Crippen LogP contribution >= 0.6 is 0 Å². The van der Waals surface area contributed by atoms with Crippen LogP contribution < -0.4 is 9.46 Å². The summed E-state index contributed by atoms with van der Waals surface area (Å²) in [7, 11) is -1.06. The molecule has 2 heterocycles. The second-order valence-electron chi connectivity index (χ2n) is 9.17. The van der Waals surface area contributed by atoms with Crippen molar-refractivity contribution in [2.24, 2.45) is 5.92 Å². The lowest BCUT2D eigenvalue weighted by Crippen LogP contribution is -2.08. The summed E-state index contributed by atoms with van der Waals surface area (Å²) in [6.07, 6.45) is 7.27. The number of rotatable bonds is 8. The molecular formula is C27H22N6O2S. The first-order valence-corrected chi connectivity index (χ1v) is 13.1. The van der Waals surface area contributed by atoms with E-state index in [2.05, 4.69) is 25.3 Å². The fourth-order valence-electron chi connectivity index (χ4n) is 4.32. The summed E-state index contributed by atoms with van der Waals surface area (Å²) in [5.74, 6) is 1.24. The molecule has 2 aliphatic rings. The molecule has 2 fully saturated rings. The van der Waals surface area contributed by atoms with Gasteiger partial charge in [-0.15, -0.1) is 0 Å². The molecule has 1 atom stereocenters. The predicted octanol–water partition coefficient (Wildman–Crippen LogP) is 5.28. The van der Waals surface area contributed by atoms with Gasteiger partial charge in [0.1, 0.15) is 28.9 Å². The third kappa shape index (κ3) is 4.30. The minimum Gasteiger partial charge on any atom is -0.436 e. The number of nitriles is 2. The second kappa shape index (κ2) is 9.10. The SMILES string of the molecule is N#Cc1nccnc1Oc1ccc2c(C#N)c(-c3ccc(NS(=O)C4CC4)cc3)n(CC3CC3)c2c1. The summed E-state index contributed by atoms with van der Waals surface area (Å²) in [5, 5.41) is 20.6. The number of benzene rings is 2. The van der Waals surface area contributed by atoms with E-state index in [-0.39, 0.29) is 16.8 Å². The average Bonchev–Trinajstić information content (AvgIpc) is 3.83. The van der Waals surface area contributed by atoms with Crippen molar-refractivity contribution in [3.05, 3.63) is 66.1 Å². The normalized spacial score (nSPS) is 15.7. The van der Waals surface area contributed by atoms with Gasteiger partial charge in [0.25, 0.3) is 5.88 Å². The zero-order valence-corrected chi connectivity index (χ0v) is 20.2. The number of ether oxygens (including phenoxy) is 1. The zero-order valence-electron chi connectivity index (χ0n) is 19.3. The highest BCUT2D eigenvalue weighted by Crippen LogP contribution is 2.40. The molecule has 2 saturated carbocycles. The molecule has 0 spiro atoms. The summed E-state index contributed by atoms with van der Waals surface area (Å²) < 4.78 is 23.5. The Kier molecular flexibility index (Phi) is 5.63. The van der Waals surface area contributed by atoms with Crippen molar-refractivity contribution in [3.63, 3.8) is 0 Å². The molecule has 178 valence electrons. The Morgan fingerprint density at radius 3 is 2.50 bits per heavy atom. The van der Waals surface area contributed by atoms with Crippen molar-refractivity contribution < 1.29 is 8.95 Å². The molecule has 0 saturated heterocycles. The monoisotopic (exact) mass is 494 g/mol. The Morgan fingerprint density at radius 2 is 1.81 bits per heavy atom. The molecule has 0 radical (unpaired) electrons. The summed E-state index contributed by atoms with van der Waals surface area (Å²) >= 11 is 0. The van der Waals surface area contributed by atoms with Crippen LogP contribution in [-0.2, 0) is 17.5 Å². The molecule has 0 bridgehead atoms. The van der Waals surface area contributed by atoms with Gasteiger partial charge in [-0.05, 0) is 61.4 Å². The molecular weight excluding hydrogens is 472 g/mol. The van der Waals surface area contributed by atoms with Gasteiger partial charge in [-0.2, -0.15) is 10.5 Å². The van der Waals surface area contributed by atoms with Crippen LogP contribution in [0.4, 0.5) is 5.69 Å². The molecule has 2 aromatic carbocycles. The van der Waals surface area contributed by atoms with E-state index < -0.39 is 11.0 Å². The molecule has 0 amide bonds. The lowest BCUT2D eigenvalue weighted by atomic mass is 10.1. The first kappa shape index (κ1) is 22.3. The number of nitrogens with one attached hydrogen (secondary N) is 1. The molecule has 6 rings (SSSR count). The zero-order chi connectivity index (χ0) is 24.6. The van der Waals surface area contributed by atoms with Gasteiger partial charge in [-0.1, -0.05) is 12.1 Å². The van der Waals surface area contributed by atoms with E-state index in [1.165, 1.54) is 12.4 Å². The number of anilines is 1. The van der Waals surface area contributed by atoms with Crippen molar-refractivity contribution in [1.82, 2.24) is 14.5 Å². The Balaban J connectivity index is 1.41. The predicted molar refractivity (Wildman–Crippen MR) is 136 cm³/mol. The minimum absolute atomic E-state index is 0.112. The Morgan fingerprint density at radius 1 is 1.03 bits per heavy atom. The topological polar surface area (TPSA) is 117 Å². The quantitative estimate of drug-likeness (QED) is 0.356. The van der Waals surface area contributed by atoms with Crippen LogP contribution in [0.3, 0.4) is 0 Å². The molecule has 2 aromatic heterocycles. The largest absolute Gasteiger partial charge is 0.436 e. The molecule has 36 heavy (non-hydrogen) atoms. The van der Waals surface area contributed by atoms with Crippen LogP contribution in [-0.4, -0.2) is 24.0 Å². The van der Waals surface area contributed by atoms with Gasteiger partial charge in [0.05, 0.1) is 22.0 Å². The van der Waals surface area contributed by atoms with Gasteiger partial charge >= 0.3 is 0 Å². The Bertz CT molecular complexity index is 1570. The lowest BCUT2D eigenvalue weighted by Gasteiger charge is -2.12. The molecule has 4 aromatic rings. The van der Waals surface area contributed by atoms with Crippen LogP contribution in [0.2, 0.25) is 0 Å². The fraction of sp³-hybridized carbons (Fsp3) is 0.259. The van der Waals surface area contributed by atoms with Crippen LogP contribution in [0.5, 0.6) is 11.6 Å². The first-order chi connectivity index (χ1) is 17.6. The molecule has 0 aliphatic heterocycles. The maximum atomic E-state index is 12.2. The van der Waals surface area contributed by atoms with Crippen molar-refractivity contribution in [3.8, 4) is 35.0 Å².